The van der Waals surface area contributed by atoms with Gasteiger partial charge in [-0.2, -0.15) is 0 Å². The van der Waals surface area contributed by atoms with E-state index in [1.165, 1.54) is 0 Å². The molecule has 1 aliphatic heterocycles. The fourth-order valence-corrected chi connectivity index (χ4v) is 3.53. The summed E-state index contributed by atoms with van der Waals surface area (Å²) in [5, 5.41) is 22.2. The summed E-state index contributed by atoms with van der Waals surface area (Å²) in [6, 6.07) is 13.8. The number of furan rings is 1. The van der Waals surface area contributed by atoms with Crippen molar-refractivity contribution in [2.75, 3.05) is 13.1 Å². The molecule has 0 aliphatic carbocycles. The Morgan fingerprint density at radius 1 is 1.08 bits per heavy atom. The molecule has 0 unspecified atom stereocenters. The number of hydrogen-bond donors (Lipinski definition) is 2. The van der Waals surface area contributed by atoms with E-state index in [1.807, 2.05) is 42.5 Å². The molecule has 26 heavy (non-hydrogen) atoms. The zero-order chi connectivity index (χ0) is 18.3. The molecule has 1 aromatic heterocycles. The molecule has 1 amide bonds. The van der Waals surface area contributed by atoms with Gasteiger partial charge in [-0.15, -0.1) is 0 Å². The first-order valence-corrected chi connectivity index (χ1v) is 8.60. The van der Waals surface area contributed by atoms with Gasteiger partial charge >= 0.3 is 5.97 Å². The minimum atomic E-state index is -1.73. The standard InChI is InChI=1S/C20H19NO5/c22-18(21-9-7-20(25,8-10-21)19(23)24)12-14-11-16-15-4-2-1-3-13(15)5-6-17(16)26-14/h1-6,11,25H,7-10,12H2,(H,23,24). The van der Waals surface area contributed by atoms with Crippen molar-refractivity contribution in [3.63, 3.8) is 0 Å². The maximum absolute atomic E-state index is 12.5. The number of amides is 1. The van der Waals surface area contributed by atoms with Gasteiger partial charge < -0.3 is 19.5 Å². The van der Waals surface area contributed by atoms with Crippen LogP contribution in [-0.2, 0) is 16.0 Å². The lowest BCUT2D eigenvalue weighted by atomic mass is 9.91. The molecular formula is C20H19NO5. The number of aliphatic hydroxyl groups is 1. The van der Waals surface area contributed by atoms with Crippen molar-refractivity contribution in [1.82, 2.24) is 4.90 Å². The number of carboxylic acids is 1. The molecular weight excluding hydrogens is 334 g/mol. The SMILES string of the molecule is O=C(Cc1cc2c(ccc3ccccc32)o1)N1CCC(O)(C(=O)O)CC1. The van der Waals surface area contributed by atoms with Crippen LogP contribution in [0.2, 0.25) is 0 Å². The van der Waals surface area contributed by atoms with Crippen LogP contribution in [0.15, 0.2) is 46.9 Å². The highest BCUT2D eigenvalue weighted by Gasteiger charge is 2.40. The van der Waals surface area contributed by atoms with Gasteiger partial charge in [-0.05, 0) is 22.9 Å². The van der Waals surface area contributed by atoms with E-state index >= 15 is 0 Å². The molecule has 1 aliphatic rings. The summed E-state index contributed by atoms with van der Waals surface area (Å²) in [4.78, 5) is 25.2. The highest BCUT2D eigenvalue weighted by atomic mass is 16.4. The summed E-state index contributed by atoms with van der Waals surface area (Å²) in [6.45, 7) is 0.454. The fourth-order valence-electron chi connectivity index (χ4n) is 3.53. The van der Waals surface area contributed by atoms with Gasteiger partial charge in [0.25, 0.3) is 0 Å². The lowest BCUT2D eigenvalue weighted by Crippen LogP contribution is -2.51. The molecule has 0 saturated carbocycles. The number of aliphatic carboxylic acids is 1. The maximum Gasteiger partial charge on any atom is 0.335 e. The highest BCUT2D eigenvalue weighted by Crippen LogP contribution is 2.29. The lowest BCUT2D eigenvalue weighted by molar-refractivity contribution is -0.165. The zero-order valence-corrected chi connectivity index (χ0v) is 14.1. The molecule has 1 fully saturated rings. The molecule has 2 heterocycles. The smallest absolute Gasteiger partial charge is 0.335 e. The minimum absolute atomic E-state index is 0.0405. The topological polar surface area (TPSA) is 91.0 Å². The van der Waals surface area contributed by atoms with E-state index in [2.05, 4.69) is 0 Å². The fraction of sp³-hybridized carbons (Fsp3) is 0.300. The van der Waals surface area contributed by atoms with Crippen molar-refractivity contribution in [3.8, 4) is 0 Å². The van der Waals surface area contributed by atoms with Crippen molar-refractivity contribution in [2.45, 2.75) is 24.9 Å². The number of carboxylic acid groups (broad SMARTS) is 1. The first-order chi connectivity index (χ1) is 12.5. The first-order valence-electron chi connectivity index (χ1n) is 8.60. The van der Waals surface area contributed by atoms with Gasteiger partial charge in [0.15, 0.2) is 5.60 Å². The van der Waals surface area contributed by atoms with E-state index in [0.29, 0.717) is 5.76 Å². The van der Waals surface area contributed by atoms with Gasteiger partial charge in [0.1, 0.15) is 11.3 Å². The van der Waals surface area contributed by atoms with Crippen molar-refractivity contribution in [1.29, 1.82) is 0 Å². The number of fused-ring (bicyclic) bond motifs is 3. The molecule has 0 atom stereocenters. The van der Waals surface area contributed by atoms with Crippen LogP contribution >= 0.6 is 0 Å². The molecule has 3 aromatic rings. The number of hydrogen-bond acceptors (Lipinski definition) is 4. The normalized spacial score (nSPS) is 16.9. The van der Waals surface area contributed by atoms with Crippen molar-refractivity contribution in [3.05, 3.63) is 48.2 Å². The van der Waals surface area contributed by atoms with Gasteiger partial charge in [0, 0.05) is 31.3 Å². The van der Waals surface area contributed by atoms with Gasteiger partial charge in [-0.3, -0.25) is 4.79 Å². The summed E-state index contributed by atoms with van der Waals surface area (Å²) in [5.74, 6) is -0.769. The Balaban J connectivity index is 1.52. The zero-order valence-electron chi connectivity index (χ0n) is 14.1. The van der Waals surface area contributed by atoms with Gasteiger partial charge in [0.2, 0.25) is 5.91 Å². The number of benzene rings is 2. The quantitative estimate of drug-likeness (QED) is 0.755. The van der Waals surface area contributed by atoms with Crippen LogP contribution in [-0.4, -0.2) is 45.7 Å². The van der Waals surface area contributed by atoms with Crippen molar-refractivity contribution >= 4 is 33.6 Å². The number of rotatable bonds is 3. The Kier molecular flexibility index (Phi) is 3.92. The van der Waals surface area contributed by atoms with E-state index in [-0.39, 0.29) is 38.3 Å². The first kappa shape index (κ1) is 16.6. The third-order valence-corrected chi connectivity index (χ3v) is 5.14. The Morgan fingerprint density at radius 3 is 2.54 bits per heavy atom. The molecule has 1 saturated heterocycles. The summed E-state index contributed by atoms with van der Waals surface area (Å²) in [5.41, 5.74) is -0.986. The van der Waals surface area contributed by atoms with Gasteiger partial charge in [0.05, 0.1) is 6.42 Å². The van der Waals surface area contributed by atoms with E-state index in [9.17, 15) is 14.7 Å². The number of likely N-dealkylation sites (tertiary alicyclic amines) is 1. The van der Waals surface area contributed by atoms with E-state index in [0.717, 1.165) is 21.7 Å². The number of nitrogens with zero attached hydrogens (tertiary/aromatic N) is 1. The van der Waals surface area contributed by atoms with Gasteiger partial charge in [-0.1, -0.05) is 30.3 Å². The van der Waals surface area contributed by atoms with Crippen LogP contribution in [0.1, 0.15) is 18.6 Å². The molecule has 6 heteroatoms. The highest BCUT2D eigenvalue weighted by molar-refractivity contribution is 6.06. The largest absolute Gasteiger partial charge is 0.479 e. The van der Waals surface area contributed by atoms with Crippen LogP contribution in [0.5, 0.6) is 0 Å². The predicted molar refractivity (Wildman–Crippen MR) is 95.8 cm³/mol. The lowest BCUT2D eigenvalue weighted by Gasteiger charge is -2.35. The predicted octanol–water partition coefficient (Wildman–Crippen LogP) is 2.57. The van der Waals surface area contributed by atoms with E-state index in [1.54, 1.807) is 4.90 Å². The molecule has 2 N–H and O–H groups in total. The van der Waals surface area contributed by atoms with Crippen molar-refractivity contribution in [2.24, 2.45) is 0 Å². The number of carbonyl (C=O) groups is 2. The van der Waals surface area contributed by atoms with Crippen LogP contribution in [0.25, 0.3) is 21.7 Å². The molecule has 0 spiro atoms. The second-order valence-electron chi connectivity index (χ2n) is 6.81. The van der Waals surface area contributed by atoms with E-state index < -0.39 is 11.6 Å². The summed E-state index contributed by atoms with van der Waals surface area (Å²) in [7, 11) is 0. The molecule has 0 radical (unpaired) electrons. The summed E-state index contributed by atoms with van der Waals surface area (Å²) in [6.07, 6.45) is 0.201. The Bertz CT molecular complexity index is 998. The summed E-state index contributed by atoms with van der Waals surface area (Å²) >= 11 is 0. The number of carbonyl (C=O) groups excluding carboxylic acids is 1. The maximum atomic E-state index is 12.5. The average molecular weight is 353 g/mol. The average Bonchev–Trinajstić information content (AvgIpc) is 3.05. The molecule has 4 rings (SSSR count). The van der Waals surface area contributed by atoms with Gasteiger partial charge in [-0.25, -0.2) is 4.79 Å². The van der Waals surface area contributed by atoms with E-state index in [4.69, 9.17) is 9.52 Å². The second-order valence-corrected chi connectivity index (χ2v) is 6.81. The monoisotopic (exact) mass is 353 g/mol. The molecule has 134 valence electrons. The molecule has 0 bridgehead atoms. The third kappa shape index (κ3) is 2.82. The Labute approximate surface area is 149 Å². The van der Waals surface area contributed by atoms with Crippen LogP contribution < -0.4 is 0 Å². The van der Waals surface area contributed by atoms with Crippen LogP contribution in [0.3, 0.4) is 0 Å². The molecule has 6 nitrogen and oxygen atoms in total. The Morgan fingerprint density at radius 2 is 1.81 bits per heavy atom. The minimum Gasteiger partial charge on any atom is -0.479 e. The van der Waals surface area contributed by atoms with Crippen LogP contribution in [0, 0.1) is 0 Å². The van der Waals surface area contributed by atoms with Crippen LogP contribution in [0.4, 0.5) is 0 Å². The Hall–Kier alpha value is -2.86. The second kappa shape index (κ2) is 6.14. The molecule has 2 aromatic carbocycles. The number of piperidine rings is 1. The van der Waals surface area contributed by atoms with Crippen molar-refractivity contribution < 1.29 is 24.2 Å². The third-order valence-electron chi connectivity index (χ3n) is 5.14. The summed E-state index contributed by atoms with van der Waals surface area (Å²) < 4.78 is 5.83.